The van der Waals surface area contributed by atoms with Crippen LogP contribution in [0.25, 0.3) is 11.3 Å². The third-order valence-electron chi connectivity index (χ3n) is 2.97. The number of nitrogens with two attached hydrogens (primary N) is 1. The van der Waals surface area contributed by atoms with Crippen molar-refractivity contribution in [2.45, 2.75) is 13.1 Å². The number of benzene rings is 1. The molecule has 2 rings (SSSR count). The molecule has 20 heavy (non-hydrogen) atoms. The SMILES string of the molecule is COc1ccc(-c2c(CN)nnn2CCO)cc1OC. The summed E-state index contributed by atoms with van der Waals surface area (Å²) in [6.07, 6.45) is 0. The van der Waals surface area contributed by atoms with Crippen LogP contribution in [0.2, 0.25) is 0 Å². The van der Waals surface area contributed by atoms with Crippen molar-refractivity contribution in [3.05, 3.63) is 23.9 Å². The highest BCUT2D eigenvalue weighted by molar-refractivity contribution is 5.66. The molecule has 0 amide bonds. The summed E-state index contributed by atoms with van der Waals surface area (Å²) in [7, 11) is 3.16. The molecule has 0 aliphatic rings. The molecule has 108 valence electrons. The standard InChI is InChI=1S/C13H18N4O3/c1-19-11-4-3-9(7-12(11)20-2)13-10(8-14)15-16-17(13)5-6-18/h3-4,7,18H,5-6,8,14H2,1-2H3. The number of rotatable bonds is 6. The third-order valence-corrected chi connectivity index (χ3v) is 2.97. The third kappa shape index (κ3) is 2.59. The highest BCUT2D eigenvalue weighted by Gasteiger charge is 2.15. The minimum atomic E-state index is -0.0202. The maximum Gasteiger partial charge on any atom is 0.161 e. The molecule has 7 heteroatoms. The van der Waals surface area contributed by atoms with E-state index in [1.54, 1.807) is 18.9 Å². The zero-order valence-electron chi connectivity index (χ0n) is 11.5. The lowest BCUT2D eigenvalue weighted by molar-refractivity contribution is 0.269. The van der Waals surface area contributed by atoms with E-state index in [1.165, 1.54) is 0 Å². The van der Waals surface area contributed by atoms with Gasteiger partial charge in [-0.25, -0.2) is 4.68 Å². The molecular weight excluding hydrogens is 260 g/mol. The van der Waals surface area contributed by atoms with Crippen LogP contribution >= 0.6 is 0 Å². The molecule has 1 heterocycles. The fraction of sp³-hybridized carbons (Fsp3) is 0.385. The molecular formula is C13H18N4O3. The van der Waals surface area contributed by atoms with Crippen LogP contribution in [0.5, 0.6) is 11.5 Å². The molecule has 3 N–H and O–H groups in total. The monoisotopic (exact) mass is 278 g/mol. The van der Waals surface area contributed by atoms with Gasteiger partial charge in [-0.15, -0.1) is 5.10 Å². The summed E-state index contributed by atoms with van der Waals surface area (Å²) in [4.78, 5) is 0. The number of aromatic nitrogens is 3. The summed E-state index contributed by atoms with van der Waals surface area (Å²) in [5.41, 5.74) is 8.00. The van der Waals surface area contributed by atoms with Crippen LogP contribution in [0.4, 0.5) is 0 Å². The van der Waals surface area contributed by atoms with Gasteiger partial charge in [-0.3, -0.25) is 0 Å². The quantitative estimate of drug-likeness (QED) is 0.794. The second kappa shape index (κ2) is 6.36. The van der Waals surface area contributed by atoms with E-state index in [1.807, 2.05) is 18.2 Å². The highest BCUT2D eigenvalue weighted by Crippen LogP contribution is 2.33. The Balaban J connectivity index is 2.52. The summed E-state index contributed by atoms with van der Waals surface area (Å²) in [6, 6.07) is 5.53. The predicted octanol–water partition coefficient (Wildman–Crippen LogP) is 0.413. The van der Waals surface area contributed by atoms with Gasteiger partial charge < -0.3 is 20.3 Å². The Morgan fingerprint density at radius 1 is 1.25 bits per heavy atom. The fourth-order valence-electron chi connectivity index (χ4n) is 2.04. The fourth-order valence-corrected chi connectivity index (χ4v) is 2.04. The Morgan fingerprint density at radius 3 is 2.60 bits per heavy atom. The lowest BCUT2D eigenvalue weighted by atomic mass is 10.1. The van der Waals surface area contributed by atoms with Crippen molar-refractivity contribution < 1.29 is 14.6 Å². The first-order chi connectivity index (χ1) is 9.74. The van der Waals surface area contributed by atoms with Crippen LogP contribution in [0.1, 0.15) is 5.69 Å². The van der Waals surface area contributed by atoms with Gasteiger partial charge in [-0.05, 0) is 18.2 Å². The first-order valence-electron chi connectivity index (χ1n) is 6.20. The van der Waals surface area contributed by atoms with E-state index < -0.39 is 0 Å². The van der Waals surface area contributed by atoms with Gasteiger partial charge >= 0.3 is 0 Å². The zero-order valence-corrected chi connectivity index (χ0v) is 11.5. The van der Waals surface area contributed by atoms with Gasteiger partial charge in [-0.2, -0.15) is 0 Å². The lowest BCUT2D eigenvalue weighted by Crippen LogP contribution is -2.07. The highest BCUT2D eigenvalue weighted by atomic mass is 16.5. The molecule has 0 aliphatic carbocycles. The molecule has 1 aromatic carbocycles. The van der Waals surface area contributed by atoms with Gasteiger partial charge in [0.2, 0.25) is 0 Å². The van der Waals surface area contributed by atoms with Crippen molar-refractivity contribution in [2.24, 2.45) is 5.73 Å². The Labute approximate surface area is 116 Å². The summed E-state index contributed by atoms with van der Waals surface area (Å²) in [5.74, 6) is 1.26. The largest absolute Gasteiger partial charge is 0.493 e. The number of methoxy groups -OCH3 is 2. The molecule has 7 nitrogen and oxygen atoms in total. The Hall–Kier alpha value is -2.12. The Bertz CT molecular complexity index is 583. The maximum absolute atomic E-state index is 9.09. The van der Waals surface area contributed by atoms with Crippen molar-refractivity contribution in [1.82, 2.24) is 15.0 Å². The molecule has 0 saturated carbocycles. The molecule has 0 radical (unpaired) electrons. The Kier molecular flexibility index (Phi) is 4.54. The van der Waals surface area contributed by atoms with Crippen molar-refractivity contribution in [3.63, 3.8) is 0 Å². The van der Waals surface area contributed by atoms with E-state index >= 15 is 0 Å². The van der Waals surface area contributed by atoms with Crippen LogP contribution in [0.15, 0.2) is 18.2 Å². The molecule has 0 fully saturated rings. The van der Waals surface area contributed by atoms with Crippen LogP contribution < -0.4 is 15.2 Å². The summed E-state index contributed by atoms with van der Waals surface area (Å²) in [6.45, 7) is 0.611. The van der Waals surface area contributed by atoms with Crippen molar-refractivity contribution in [2.75, 3.05) is 20.8 Å². The van der Waals surface area contributed by atoms with E-state index in [2.05, 4.69) is 10.3 Å². The number of nitrogens with zero attached hydrogens (tertiary/aromatic N) is 3. The van der Waals surface area contributed by atoms with E-state index in [9.17, 15) is 0 Å². The van der Waals surface area contributed by atoms with Crippen molar-refractivity contribution in [1.29, 1.82) is 0 Å². The van der Waals surface area contributed by atoms with Crippen molar-refractivity contribution >= 4 is 0 Å². The average Bonchev–Trinajstić information content (AvgIpc) is 2.89. The Morgan fingerprint density at radius 2 is 2.00 bits per heavy atom. The predicted molar refractivity (Wildman–Crippen MR) is 73.5 cm³/mol. The topological polar surface area (TPSA) is 95.4 Å². The molecule has 0 saturated heterocycles. The summed E-state index contributed by atoms with van der Waals surface area (Å²) < 4.78 is 12.1. The summed E-state index contributed by atoms with van der Waals surface area (Å²) >= 11 is 0. The number of hydrogen-bond donors (Lipinski definition) is 2. The first kappa shape index (κ1) is 14.3. The van der Waals surface area contributed by atoms with Gasteiger partial charge in [0, 0.05) is 12.1 Å². The minimum absolute atomic E-state index is 0.0202. The van der Waals surface area contributed by atoms with Crippen LogP contribution in [0, 0.1) is 0 Å². The second-order valence-corrected chi connectivity index (χ2v) is 4.11. The normalized spacial score (nSPS) is 10.6. The minimum Gasteiger partial charge on any atom is -0.493 e. The number of aliphatic hydroxyl groups excluding tert-OH is 1. The van der Waals surface area contributed by atoms with E-state index in [0.717, 1.165) is 11.3 Å². The van der Waals surface area contributed by atoms with Gasteiger partial charge in [0.25, 0.3) is 0 Å². The smallest absolute Gasteiger partial charge is 0.161 e. The van der Waals surface area contributed by atoms with Gasteiger partial charge in [-0.1, -0.05) is 5.21 Å². The molecule has 0 spiro atoms. The second-order valence-electron chi connectivity index (χ2n) is 4.11. The average molecular weight is 278 g/mol. The van der Waals surface area contributed by atoms with E-state index in [4.69, 9.17) is 20.3 Å². The van der Waals surface area contributed by atoms with Gasteiger partial charge in [0.1, 0.15) is 5.69 Å². The maximum atomic E-state index is 9.09. The van der Waals surface area contributed by atoms with Crippen LogP contribution in [0.3, 0.4) is 0 Å². The zero-order chi connectivity index (χ0) is 14.5. The number of ether oxygens (including phenoxy) is 2. The van der Waals surface area contributed by atoms with Gasteiger partial charge in [0.15, 0.2) is 11.5 Å². The van der Waals surface area contributed by atoms with E-state index in [0.29, 0.717) is 23.7 Å². The molecule has 0 bridgehead atoms. The molecule has 0 unspecified atom stereocenters. The van der Waals surface area contributed by atoms with Crippen LogP contribution in [-0.2, 0) is 13.1 Å². The lowest BCUT2D eigenvalue weighted by Gasteiger charge is -2.11. The molecule has 1 aromatic heterocycles. The van der Waals surface area contributed by atoms with Crippen molar-refractivity contribution in [3.8, 4) is 22.8 Å². The molecule has 0 atom stereocenters. The van der Waals surface area contributed by atoms with Gasteiger partial charge in [0.05, 0.1) is 33.1 Å². The number of hydrogen-bond acceptors (Lipinski definition) is 6. The van der Waals surface area contributed by atoms with Crippen LogP contribution in [-0.4, -0.2) is 40.9 Å². The molecule has 2 aromatic rings. The molecule has 0 aliphatic heterocycles. The number of aliphatic hydroxyl groups is 1. The van der Waals surface area contributed by atoms with E-state index in [-0.39, 0.29) is 13.2 Å². The summed E-state index contributed by atoms with van der Waals surface area (Å²) in [5, 5.41) is 17.1. The first-order valence-corrected chi connectivity index (χ1v) is 6.20.